The van der Waals surface area contributed by atoms with E-state index in [0.717, 1.165) is 22.4 Å². The number of aromatic nitrogens is 2. The first-order chi connectivity index (χ1) is 14.5. The van der Waals surface area contributed by atoms with Gasteiger partial charge in [-0.2, -0.15) is 0 Å². The second-order valence-corrected chi connectivity index (χ2v) is 7.44. The van der Waals surface area contributed by atoms with Gasteiger partial charge in [-0.15, -0.1) is 0 Å². The Morgan fingerprint density at radius 3 is 2.60 bits per heavy atom. The van der Waals surface area contributed by atoms with E-state index < -0.39 is 0 Å². The van der Waals surface area contributed by atoms with E-state index in [1.807, 2.05) is 72.3 Å². The highest BCUT2D eigenvalue weighted by molar-refractivity contribution is 5.82. The number of nitrogens with one attached hydrogen (secondary N) is 1. The Kier molecular flexibility index (Phi) is 5.48. The zero-order valence-corrected chi connectivity index (χ0v) is 17.0. The average Bonchev–Trinajstić information content (AvgIpc) is 3.28. The van der Waals surface area contributed by atoms with Crippen molar-refractivity contribution in [2.24, 2.45) is 0 Å². The molecule has 1 aromatic heterocycles. The summed E-state index contributed by atoms with van der Waals surface area (Å²) in [5, 5.41) is 3.07. The smallest absolute Gasteiger partial charge is 0.223 e. The second kappa shape index (κ2) is 8.37. The Morgan fingerprint density at radius 2 is 1.90 bits per heavy atom. The fourth-order valence-corrected chi connectivity index (χ4v) is 3.82. The van der Waals surface area contributed by atoms with Crippen molar-refractivity contribution < 1.29 is 9.59 Å². The maximum Gasteiger partial charge on any atom is 0.223 e. The number of rotatable bonds is 5. The van der Waals surface area contributed by atoms with Crippen LogP contribution < -0.4 is 5.32 Å². The Morgan fingerprint density at radius 1 is 1.13 bits per heavy atom. The number of hydrogen-bond donors (Lipinski definition) is 1. The summed E-state index contributed by atoms with van der Waals surface area (Å²) in [5.74, 6) is -0.177. The number of carbonyl (C=O) groups excluding carboxylic acids is 2. The lowest BCUT2D eigenvalue weighted by atomic mass is 9.93. The van der Waals surface area contributed by atoms with Crippen LogP contribution in [0.5, 0.6) is 0 Å². The fourth-order valence-electron chi connectivity index (χ4n) is 3.82. The van der Waals surface area contributed by atoms with Gasteiger partial charge in [-0.05, 0) is 41.8 Å². The highest BCUT2D eigenvalue weighted by atomic mass is 16.2. The minimum Gasteiger partial charge on any atom is -0.350 e. The van der Waals surface area contributed by atoms with Gasteiger partial charge in [0.2, 0.25) is 11.8 Å². The van der Waals surface area contributed by atoms with Crippen LogP contribution in [0.2, 0.25) is 0 Å². The third-order valence-corrected chi connectivity index (χ3v) is 5.42. The molecule has 6 nitrogen and oxygen atoms in total. The van der Waals surface area contributed by atoms with E-state index >= 15 is 0 Å². The molecule has 3 aromatic rings. The number of nitrogens with zero attached hydrogens (tertiary/aromatic N) is 3. The molecule has 1 aliphatic rings. The fraction of sp³-hybridized carbons (Fsp3) is 0.208. The maximum absolute atomic E-state index is 12.8. The van der Waals surface area contributed by atoms with Crippen LogP contribution in [-0.2, 0) is 9.59 Å². The van der Waals surface area contributed by atoms with Gasteiger partial charge in [0.15, 0.2) is 0 Å². The van der Waals surface area contributed by atoms with Crippen molar-refractivity contribution in [3.05, 3.63) is 90.1 Å². The van der Waals surface area contributed by atoms with Gasteiger partial charge in [0.25, 0.3) is 0 Å². The molecule has 1 aliphatic heterocycles. The first kappa shape index (κ1) is 19.6. The molecular formula is C24H24N4O2. The van der Waals surface area contributed by atoms with Crippen LogP contribution in [0, 0.1) is 0 Å². The van der Waals surface area contributed by atoms with Crippen molar-refractivity contribution in [3.63, 3.8) is 0 Å². The Hall–Kier alpha value is -3.67. The lowest BCUT2D eigenvalue weighted by Crippen LogP contribution is -2.36. The molecule has 2 amide bonds. The van der Waals surface area contributed by atoms with E-state index in [4.69, 9.17) is 0 Å². The van der Waals surface area contributed by atoms with Crippen molar-refractivity contribution in [2.45, 2.75) is 32.4 Å². The maximum atomic E-state index is 12.8. The summed E-state index contributed by atoms with van der Waals surface area (Å²) in [6, 6.07) is 15.4. The molecule has 0 saturated heterocycles. The summed E-state index contributed by atoms with van der Waals surface area (Å²) >= 11 is 0. The molecule has 2 atom stereocenters. The summed E-state index contributed by atoms with van der Waals surface area (Å²) in [5.41, 5.74) is 4.05. The molecule has 1 N–H and O–H groups in total. The summed E-state index contributed by atoms with van der Waals surface area (Å²) in [6.45, 7) is 3.48. The van der Waals surface area contributed by atoms with Crippen molar-refractivity contribution >= 4 is 17.9 Å². The molecule has 30 heavy (non-hydrogen) atoms. The molecule has 2 heterocycles. The van der Waals surface area contributed by atoms with E-state index in [2.05, 4.69) is 10.3 Å². The molecule has 0 unspecified atom stereocenters. The number of imidazole rings is 1. The molecule has 4 rings (SSSR count). The molecular weight excluding hydrogens is 376 g/mol. The predicted molar refractivity (Wildman–Crippen MR) is 115 cm³/mol. The monoisotopic (exact) mass is 400 g/mol. The molecule has 0 spiro atoms. The number of carbonyl (C=O) groups is 2. The quantitative estimate of drug-likeness (QED) is 0.704. The molecule has 0 bridgehead atoms. The molecule has 6 heteroatoms. The largest absolute Gasteiger partial charge is 0.350 e. The topological polar surface area (TPSA) is 67.2 Å². The summed E-state index contributed by atoms with van der Waals surface area (Å²) in [6.07, 6.45) is 9.25. The van der Waals surface area contributed by atoms with Gasteiger partial charge in [-0.25, -0.2) is 4.98 Å². The number of fused-ring (bicyclic) bond motifs is 1. The number of hydrogen-bond acceptors (Lipinski definition) is 3. The van der Waals surface area contributed by atoms with Crippen LogP contribution in [0.25, 0.3) is 11.8 Å². The molecule has 0 saturated carbocycles. The van der Waals surface area contributed by atoms with Crippen molar-refractivity contribution in [1.82, 2.24) is 19.8 Å². The van der Waals surface area contributed by atoms with Gasteiger partial charge < -0.3 is 14.8 Å². The third kappa shape index (κ3) is 4.03. The van der Waals surface area contributed by atoms with Gasteiger partial charge in [0, 0.05) is 31.2 Å². The van der Waals surface area contributed by atoms with Gasteiger partial charge >= 0.3 is 0 Å². The predicted octanol–water partition coefficient (Wildman–Crippen LogP) is 4.01. The van der Waals surface area contributed by atoms with Crippen LogP contribution in [0.15, 0.2) is 73.5 Å². The van der Waals surface area contributed by atoms with E-state index in [-0.39, 0.29) is 30.3 Å². The molecule has 0 radical (unpaired) electrons. The Balaban J connectivity index is 1.45. The van der Waals surface area contributed by atoms with E-state index in [0.29, 0.717) is 0 Å². The lowest BCUT2D eigenvalue weighted by molar-refractivity contribution is -0.130. The van der Waals surface area contributed by atoms with Crippen molar-refractivity contribution in [1.29, 1.82) is 0 Å². The third-order valence-electron chi connectivity index (χ3n) is 5.42. The average molecular weight is 400 g/mol. The highest BCUT2D eigenvalue weighted by Crippen LogP contribution is 2.33. The number of amides is 2. The van der Waals surface area contributed by atoms with Crippen LogP contribution in [0.3, 0.4) is 0 Å². The van der Waals surface area contributed by atoms with Crippen LogP contribution >= 0.6 is 0 Å². The minimum atomic E-state index is -0.306. The second-order valence-electron chi connectivity index (χ2n) is 7.44. The van der Waals surface area contributed by atoms with Gasteiger partial charge in [-0.1, -0.05) is 36.4 Å². The van der Waals surface area contributed by atoms with E-state index in [1.165, 1.54) is 6.92 Å². The van der Waals surface area contributed by atoms with Crippen LogP contribution in [-0.4, -0.2) is 26.3 Å². The minimum absolute atomic E-state index is 0.0818. The molecule has 0 fully saturated rings. The lowest BCUT2D eigenvalue weighted by Gasteiger charge is -2.32. The first-order valence-corrected chi connectivity index (χ1v) is 9.96. The molecule has 0 aliphatic carbocycles. The van der Waals surface area contributed by atoms with Crippen molar-refractivity contribution in [3.8, 4) is 5.69 Å². The van der Waals surface area contributed by atoms with E-state index in [1.54, 1.807) is 23.6 Å². The first-order valence-electron chi connectivity index (χ1n) is 9.96. The Labute approximate surface area is 175 Å². The van der Waals surface area contributed by atoms with Gasteiger partial charge in [0.05, 0.1) is 24.8 Å². The SMILES string of the molecule is CC(=O)N1C=Cc2ccccc2[C@H]1CC(=O)N[C@@H](C)c1ccc(-n2ccnc2)cc1. The summed E-state index contributed by atoms with van der Waals surface area (Å²) in [4.78, 5) is 30.6. The zero-order valence-electron chi connectivity index (χ0n) is 17.0. The van der Waals surface area contributed by atoms with E-state index in [9.17, 15) is 9.59 Å². The summed E-state index contributed by atoms with van der Waals surface area (Å²) < 4.78 is 1.93. The van der Waals surface area contributed by atoms with Crippen LogP contribution in [0.4, 0.5) is 0 Å². The normalized spacial score (nSPS) is 16.1. The number of benzene rings is 2. The highest BCUT2D eigenvalue weighted by Gasteiger charge is 2.28. The zero-order chi connectivity index (χ0) is 21.1. The molecule has 152 valence electrons. The van der Waals surface area contributed by atoms with Gasteiger partial charge in [0.1, 0.15) is 0 Å². The summed E-state index contributed by atoms with van der Waals surface area (Å²) in [7, 11) is 0. The molecule has 2 aromatic carbocycles. The van der Waals surface area contributed by atoms with Crippen molar-refractivity contribution in [2.75, 3.05) is 0 Å². The van der Waals surface area contributed by atoms with Gasteiger partial charge in [-0.3, -0.25) is 9.59 Å². The van der Waals surface area contributed by atoms with Crippen LogP contribution in [0.1, 0.15) is 49.0 Å². The Bertz CT molecular complexity index is 1070. The standard InChI is InChI=1S/C24H24N4O2/c1-17(19-7-9-21(10-8-19)27-14-12-25-16-27)26-24(30)15-23-22-6-4-3-5-20(22)11-13-28(23)18(2)29/h3-14,16-17,23H,15H2,1-2H3,(H,26,30)/t17-,23+/m0/s1.